The van der Waals surface area contributed by atoms with Gasteiger partial charge in [-0.1, -0.05) is 13.8 Å². The van der Waals surface area contributed by atoms with Crippen LogP contribution in [-0.4, -0.2) is 82.8 Å². The average Bonchev–Trinajstić information content (AvgIpc) is 3.76. The summed E-state index contributed by atoms with van der Waals surface area (Å²) >= 11 is 0. The van der Waals surface area contributed by atoms with Gasteiger partial charge < -0.3 is 42.4 Å². The Hall–Kier alpha value is -4.17. The highest BCUT2D eigenvalue weighted by Crippen LogP contribution is 2.69. The number of hydrogen-bond acceptors (Lipinski definition) is 14. The van der Waals surface area contributed by atoms with Gasteiger partial charge >= 0.3 is 29.8 Å². The molecule has 0 radical (unpaired) electrons. The summed E-state index contributed by atoms with van der Waals surface area (Å²) in [7, 11) is 0. The standard InChI is InChI=1S/C34H42O14/c1-8-18(2)28(37)47-27-24(45-29(38)21-9-11-41-15-21)14-32(7,40)34-26(44-20(4)36)23(31(5,6)48-34)13-25(33(27,34)17-43-19(3)35)46-30(39)22-10-12-42-16-22/h9-12,15-16,18,23-27,40H,8,13-14,17H2,1-7H3/t18?,23-,24+,25+,26-,27+,32+,33-,34+/m0/s1. The van der Waals surface area contributed by atoms with Crippen molar-refractivity contribution < 1.29 is 66.3 Å². The van der Waals surface area contributed by atoms with Gasteiger partial charge in [-0.15, -0.1) is 0 Å². The SMILES string of the molecule is CCC(C)C(=O)O[C@@H]1[C@H](OC(=O)c2ccoc2)C[C@@](C)(O)[C@@]23OC(C)(C)[C@@H](C[C@@H](OC(=O)c4ccoc4)[C@@]12COC(C)=O)[C@@H]3OC(C)=O. The van der Waals surface area contributed by atoms with Crippen molar-refractivity contribution in [3.63, 3.8) is 0 Å². The van der Waals surface area contributed by atoms with Crippen LogP contribution >= 0.6 is 0 Å². The van der Waals surface area contributed by atoms with Crippen molar-refractivity contribution in [2.45, 2.75) is 109 Å². The van der Waals surface area contributed by atoms with Gasteiger partial charge in [0.2, 0.25) is 0 Å². The molecule has 1 N–H and O–H groups in total. The molecule has 2 bridgehead atoms. The number of carbonyl (C=O) groups is 5. The van der Waals surface area contributed by atoms with E-state index in [1.165, 1.54) is 51.0 Å². The molecule has 48 heavy (non-hydrogen) atoms. The Balaban J connectivity index is 1.80. The van der Waals surface area contributed by atoms with Crippen LogP contribution in [0.25, 0.3) is 0 Å². The molecule has 3 fully saturated rings. The van der Waals surface area contributed by atoms with Gasteiger partial charge in [0.1, 0.15) is 42.9 Å². The van der Waals surface area contributed by atoms with E-state index in [4.69, 9.17) is 37.3 Å². The number of hydrogen-bond donors (Lipinski definition) is 1. The van der Waals surface area contributed by atoms with Crippen molar-refractivity contribution in [1.82, 2.24) is 0 Å². The smallest absolute Gasteiger partial charge is 0.341 e. The lowest BCUT2D eigenvalue weighted by molar-refractivity contribution is -0.355. The zero-order chi connectivity index (χ0) is 35.2. The fraction of sp³-hybridized carbons (Fsp3) is 0.618. The quantitative estimate of drug-likeness (QED) is 0.283. The normalized spacial score (nSPS) is 33.9. The summed E-state index contributed by atoms with van der Waals surface area (Å²) in [6.45, 7) is 10.0. The van der Waals surface area contributed by atoms with E-state index in [9.17, 15) is 29.1 Å². The van der Waals surface area contributed by atoms with Gasteiger partial charge in [0.05, 0.1) is 40.8 Å². The molecule has 14 nitrogen and oxygen atoms in total. The van der Waals surface area contributed by atoms with Gasteiger partial charge in [-0.3, -0.25) is 14.4 Å². The summed E-state index contributed by atoms with van der Waals surface area (Å²) < 4.78 is 47.2. The highest BCUT2D eigenvalue weighted by molar-refractivity contribution is 5.89. The van der Waals surface area contributed by atoms with Crippen LogP contribution < -0.4 is 0 Å². The summed E-state index contributed by atoms with van der Waals surface area (Å²) in [4.78, 5) is 66.1. The van der Waals surface area contributed by atoms with E-state index in [-0.39, 0.29) is 24.0 Å². The van der Waals surface area contributed by atoms with E-state index in [2.05, 4.69) is 0 Å². The summed E-state index contributed by atoms with van der Waals surface area (Å²) in [5.41, 5.74) is -7.21. The lowest BCUT2D eigenvalue weighted by atomic mass is 9.46. The summed E-state index contributed by atoms with van der Waals surface area (Å²) in [6, 6.07) is 2.77. The summed E-state index contributed by atoms with van der Waals surface area (Å²) in [5, 5.41) is 12.7. The Kier molecular flexibility index (Phi) is 9.30. The first-order valence-electron chi connectivity index (χ1n) is 15.9. The van der Waals surface area contributed by atoms with Crippen LogP contribution in [0.2, 0.25) is 0 Å². The predicted molar refractivity (Wildman–Crippen MR) is 161 cm³/mol. The van der Waals surface area contributed by atoms with E-state index in [1.54, 1.807) is 27.7 Å². The number of esters is 5. The van der Waals surface area contributed by atoms with E-state index in [0.29, 0.717) is 6.42 Å². The van der Waals surface area contributed by atoms with Gasteiger partial charge in [-0.05, 0) is 45.7 Å². The van der Waals surface area contributed by atoms with Crippen LogP contribution in [0.1, 0.15) is 88.4 Å². The Labute approximate surface area is 277 Å². The largest absolute Gasteiger partial charge is 0.472 e. The molecule has 2 aromatic rings. The molecule has 1 aliphatic heterocycles. The Morgan fingerprint density at radius 1 is 0.896 bits per heavy atom. The molecule has 14 heteroatoms. The first-order chi connectivity index (χ1) is 22.5. The van der Waals surface area contributed by atoms with Gasteiger partial charge in [0.25, 0.3) is 0 Å². The number of aliphatic hydroxyl groups is 1. The predicted octanol–water partition coefficient (Wildman–Crippen LogP) is 3.78. The molecule has 0 aromatic carbocycles. The minimum absolute atomic E-state index is 0.0404. The zero-order valence-electron chi connectivity index (χ0n) is 28.0. The third kappa shape index (κ3) is 5.68. The van der Waals surface area contributed by atoms with E-state index in [0.717, 1.165) is 6.92 Å². The van der Waals surface area contributed by atoms with Crippen LogP contribution in [0.5, 0.6) is 0 Å². The first kappa shape index (κ1) is 35.1. The van der Waals surface area contributed by atoms with Crippen LogP contribution in [0, 0.1) is 17.3 Å². The van der Waals surface area contributed by atoms with Gasteiger partial charge in [0, 0.05) is 26.2 Å². The number of fused-ring (bicyclic) bond motifs is 1. The molecule has 1 unspecified atom stereocenters. The van der Waals surface area contributed by atoms with Crippen LogP contribution in [-0.2, 0) is 42.8 Å². The van der Waals surface area contributed by atoms with Gasteiger partial charge in [-0.25, -0.2) is 9.59 Å². The summed E-state index contributed by atoms with van der Waals surface area (Å²) in [5.74, 6) is -5.18. The maximum absolute atomic E-state index is 13.7. The van der Waals surface area contributed by atoms with Crippen LogP contribution in [0.4, 0.5) is 0 Å². The molecule has 3 heterocycles. The van der Waals surface area contributed by atoms with Crippen molar-refractivity contribution in [1.29, 1.82) is 0 Å². The lowest BCUT2D eigenvalue weighted by Gasteiger charge is -2.65. The molecule has 9 atom stereocenters. The van der Waals surface area contributed by atoms with Gasteiger partial charge in [0.15, 0.2) is 11.7 Å². The van der Waals surface area contributed by atoms with Gasteiger partial charge in [-0.2, -0.15) is 0 Å². The van der Waals surface area contributed by atoms with E-state index in [1.807, 2.05) is 0 Å². The molecule has 2 aromatic heterocycles. The van der Waals surface area contributed by atoms with Crippen LogP contribution in [0.15, 0.2) is 46.0 Å². The molecule has 1 saturated heterocycles. The number of ether oxygens (including phenoxy) is 6. The summed E-state index contributed by atoms with van der Waals surface area (Å²) in [6.07, 6.45) is -0.729. The van der Waals surface area contributed by atoms with Crippen molar-refractivity contribution in [2.75, 3.05) is 6.61 Å². The minimum Gasteiger partial charge on any atom is -0.472 e. The Morgan fingerprint density at radius 3 is 2.02 bits per heavy atom. The van der Waals surface area contributed by atoms with E-state index >= 15 is 0 Å². The fourth-order valence-corrected chi connectivity index (χ4v) is 7.80. The molecular weight excluding hydrogens is 632 g/mol. The molecule has 3 aliphatic rings. The lowest BCUT2D eigenvalue weighted by Crippen LogP contribution is -2.83. The third-order valence-electron chi connectivity index (χ3n) is 10.1. The van der Waals surface area contributed by atoms with Crippen molar-refractivity contribution >= 4 is 29.8 Å². The minimum atomic E-state index is -2.07. The first-order valence-corrected chi connectivity index (χ1v) is 15.9. The molecular formula is C34H42O14. The molecule has 1 spiro atoms. The topological polar surface area (TPSA) is 187 Å². The Morgan fingerprint density at radius 2 is 1.50 bits per heavy atom. The number of furan rings is 2. The molecule has 262 valence electrons. The second-order valence-corrected chi connectivity index (χ2v) is 13.6. The molecule has 2 saturated carbocycles. The average molecular weight is 675 g/mol. The van der Waals surface area contributed by atoms with Crippen LogP contribution in [0.3, 0.4) is 0 Å². The third-order valence-corrected chi connectivity index (χ3v) is 10.1. The van der Waals surface area contributed by atoms with Crippen molar-refractivity contribution in [3.05, 3.63) is 48.3 Å². The van der Waals surface area contributed by atoms with Crippen molar-refractivity contribution in [3.8, 4) is 0 Å². The monoisotopic (exact) mass is 674 g/mol. The zero-order valence-corrected chi connectivity index (χ0v) is 28.0. The van der Waals surface area contributed by atoms with E-state index < -0.39 is 94.9 Å². The molecule has 0 amide bonds. The molecule has 5 rings (SSSR count). The maximum atomic E-state index is 13.7. The molecule has 2 aliphatic carbocycles. The second-order valence-electron chi connectivity index (χ2n) is 13.6. The second kappa shape index (κ2) is 12.7. The highest BCUT2D eigenvalue weighted by atomic mass is 16.6. The fourth-order valence-electron chi connectivity index (χ4n) is 7.80. The van der Waals surface area contributed by atoms with Crippen molar-refractivity contribution in [2.24, 2.45) is 17.3 Å². The number of rotatable bonds is 10. The maximum Gasteiger partial charge on any atom is 0.341 e. The number of carbonyl (C=O) groups excluding carboxylic acids is 5. The highest BCUT2D eigenvalue weighted by Gasteiger charge is 2.86. The Bertz CT molecular complexity index is 1520.